The number of esters is 1. The van der Waals surface area contributed by atoms with Gasteiger partial charge in [-0.3, -0.25) is 4.90 Å². The number of amides is 2. The molecule has 3 rings (SSSR count). The van der Waals surface area contributed by atoms with Crippen LogP contribution in [0.2, 0.25) is 0 Å². The Morgan fingerprint density at radius 1 is 1.11 bits per heavy atom. The number of ether oxygens (including phenoxy) is 2. The van der Waals surface area contributed by atoms with E-state index in [4.69, 9.17) is 9.47 Å². The third-order valence-corrected chi connectivity index (χ3v) is 5.33. The number of methoxy groups -OCH3 is 1. The lowest BCUT2D eigenvalue weighted by atomic mass is 9.96. The molecule has 0 unspecified atom stereocenters. The van der Waals surface area contributed by atoms with Gasteiger partial charge in [0.15, 0.2) is 0 Å². The Morgan fingerprint density at radius 2 is 1.78 bits per heavy atom. The molecule has 0 radical (unpaired) electrons. The van der Waals surface area contributed by atoms with Gasteiger partial charge >= 0.3 is 12.0 Å². The maximum absolute atomic E-state index is 12.2. The van der Waals surface area contributed by atoms with Gasteiger partial charge in [0.2, 0.25) is 0 Å². The first kappa shape index (κ1) is 19.6. The van der Waals surface area contributed by atoms with Crippen LogP contribution in [0.1, 0.15) is 28.8 Å². The molecule has 7 nitrogen and oxygen atoms in total. The number of rotatable bonds is 5. The molecule has 1 N–H and O–H groups in total. The summed E-state index contributed by atoms with van der Waals surface area (Å²) in [5.41, 5.74) is 1.78. The molecule has 7 heteroatoms. The fourth-order valence-corrected chi connectivity index (χ4v) is 3.58. The standard InChI is InChI=1S/C20H29N3O4/c1-26-19(24)18-4-2-17(3-5-18)15-22-8-6-16(7-9-22)14-21-20(25)23-10-12-27-13-11-23/h2-5,16H,6-15H2,1H3,(H,21,25). The monoisotopic (exact) mass is 375 g/mol. The number of carbonyl (C=O) groups excluding carboxylic acids is 2. The van der Waals surface area contributed by atoms with Gasteiger partial charge < -0.3 is 19.7 Å². The minimum Gasteiger partial charge on any atom is -0.465 e. The SMILES string of the molecule is COC(=O)c1ccc(CN2CCC(CNC(=O)N3CCOCC3)CC2)cc1. The molecule has 2 aliphatic rings. The third-order valence-electron chi connectivity index (χ3n) is 5.33. The molecule has 148 valence electrons. The van der Waals surface area contributed by atoms with E-state index in [0.717, 1.165) is 39.0 Å². The van der Waals surface area contributed by atoms with Gasteiger partial charge in [-0.15, -0.1) is 0 Å². The quantitative estimate of drug-likeness (QED) is 0.794. The highest BCUT2D eigenvalue weighted by Crippen LogP contribution is 2.19. The van der Waals surface area contributed by atoms with Gasteiger partial charge in [0.25, 0.3) is 0 Å². The van der Waals surface area contributed by atoms with Crippen LogP contribution < -0.4 is 5.32 Å². The van der Waals surface area contributed by atoms with Crippen LogP contribution in [-0.2, 0) is 16.0 Å². The number of hydrogen-bond donors (Lipinski definition) is 1. The van der Waals surface area contributed by atoms with Gasteiger partial charge in [0, 0.05) is 26.2 Å². The zero-order valence-electron chi connectivity index (χ0n) is 16.0. The summed E-state index contributed by atoms with van der Waals surface area (Å²) in [4.78, 5) is 27.9. The summed E-state index contributed by atoms with van der Waals surface area (Å²) in [7, 11) is 1.39. The number of piperidine rings is 1. The highest BCUT2D eigenvalue weighted by Gasteiger charge is 2.22. The highest BCUT2D eigenvalue weighted by molar-refractivity contribution is 5.89. The van der Waals surface area contributed by atoms with E-state index in [9.17, 15) is 9.59 Å². The number of urea groups is 1. The van der Waals surface area contributed by atoms with Crippen molar-refractivity contribution in [1.82, 2.24) is 15.1 Å². The first-order valence-electron chi connectivity index (χ1n) is 9.66. The van der Waals surface area contributed by atoms with Crippen LogP contribution in [0.3, 0.4) is 0 Å². The van der Waals surface area contributed by atoms with Crippen LogP contribution in [-0.4, -0.2) is 74.8 Å². The summed E-state index contributed by atoms with van der Waals surface area (Å²) in [6, 6.07) is 7.64. The first-order valence-corrected chi connectivity index (χ1v) is 9.66. The second kappa shape index (κ2) is 9.71. The van der Waals surface area contributed by atoms with Crippen molar-refractivity contribution in [3.8, 4) is 0 Å². The Kier molecular flexibility index (Phi) is 7.06. The van der Waals surface area contributed by atoms with Crippen LogP contribution in [0.25, 0.3) is 0 Å². The van der Waals surface area contributed by atoms with Gasteiger partial charge in [-0.25, -0.2) is 9.59 Å². The predicted molar refractivity (Wildman–Crippen MR) is 102 cm³/mol. The maximum Gasteiger partial charge on any atom is 0.337 e. The lowest BCUT2D eigenvalue weighted by molar-refractivity contribution is 0.0527. The van der Waals surface area contributed by atoms with Crippen molar-refractivity contribution in [2.45, 2.75) is 19.4 Å². The minimum atomic E-state index is -0.304. The molecule has 2 heterocycles. The number of nitrogens with zero attached hydrogens (tertiary/aromatic N) is 2. The lowest BCUT2D eigenvalue weighted by Gasteiger charge is -2.33. The smallest absolute Gasteiger partial charge is 0.337 e. The Morgan fingerprint density at radius 3 is 2.41 bits per heavy atom. The molecule has 0 atom stereocenters. The minimum absolute atomic E-state index is 0.0337. The van der Waals surface area contributed by atoms with E-state index in [0.29, 0.717) is 37.8 Å². The van der Waals surface area contributed by atoms with Crippen molar-refractivity contribution in [2.24, 2.45) is 5.92 Å². The van der Waals surface area contributed by atoms with Gasteiger partial charge in [-0.1, -0.05) is 12.1 Å². The first-order chi connectivity index (χ1) is 13.2. The van der Waals surface area contributed by atoms with Crippen molar-refractivity contribution >= 4 is 12.0 Å². The van der Waals surface area contributed by atoms with E-state index in [1.165, 1.54) is 12.7 Å². The van der Waals surface area contributed by atoms with E-state index < -0.39 is 0 Å². The van der Waals surface area contributed by atoms with E-state index in [-0.39, 0.29) is 12.0 Å². The summed E-state index contributed by atoms with van der Waals surface area (Å²) in [6.45, 7) is 6.30. The van der Waals surface area contributed by atoms with Crippen LogP contribution in [0.15, 0.2) is 24.3 Å². The molecule has 2 saturated heterocycles. The molecular formula is C20H29N3O4. The summed E-state index contributed by atoms with van der Waals surface area (Å²) < 4.78 is 10.0. The molecule has 0 saturated carbocycles. The van der Waals surface area contributed by atoms with Crippen LogP contribution in [0.4, 0.5) is 4.79 Å². The summed E-state index contributed by atoms with van der Waals surface area (Å²) in [5, 5.41) is 3.08. The molecule has 2 fully saturated rings. The maximum atomic E-state index is 12.2. The molecule has 2 amide bonds. The van der Waals surface area contributed by atoms with E-state index >= 15 is 0 Å². The highest BCUT2D eigenvalue weighted by atomic mass is 16.5. The number of morpholine rings is 1. The summed E-state index contributed by atoms with van der Waals surface area (Å²) >= 11 is 0. The van der Waals surface area contributed by atoms with Gasteiger partial charge in [-0.05, 0) is 49.5 Å². The Bertz CT molecular complexity index is 621. The fourth-order valence-electron chi connectivity index (χ4n) is 3.58. The van der Waals surface area contributed by atoms with Crippen LogP contribution >= 0.6 is 0 Å². The largest absolute Gasteiger partial charge is 0.465 e. The third kappa shape index (κ3) is 5.68. The van der Waals surface area contributed by atoms with Crippen LogP contribution in [0, 0.1) is 5.92 Å². The number of nitrogens with one attached hydrogen (secondary N) is 1. The number of likely N-dealkylation sites (tertiary alicyclic amines) is 1. The average Bonchev–Trinajstić information content (AvgIpc) is 2.73. The van der Waals surface area contributed by atoms with E-state index in [1.807, 2.05) is 29.2 Å². The number of carbonyl (C=O) groups is 2. The predicted octanol–water partition coefficient (Wildman–Crippen LogP) is 1.73. The fraction of sp³-hybridized carbons (Fsp3) is 0.600. The van der Waals surface area contributed by atoms with Crippen molar-refractivity contribution < 1.29 is 19.1 Å². The van der Waals surface area contributed by atoms with E-state index in [1.54, 1.807) is 0 Å². The molecule has 0 spiro atoms. The Labute approximate surface area is 160 Å². The average molecular weight is 375 g/mol. The second-order valence-corrected chi connectivity index (χ2v) is 7.19. The van der Waals surface area contributed by atoms with Crippen molar-refractivity contribution in [2.75, 3.05) is 53.0 Å². The zero-order chi connectivity index (χ0) is 19.1. The van der Waals surface area contributed by atoms with Crippen molar-refractivity contribution in [3.63, 3.8) is 0 Å². The molecule has 1 aromatic rings. The molecule has 1 aromatic carbocycles. The number of benzene rings is 1. The van der Waals surface area contributed by atoms with Crippen LogP contribution in [0.5, 0.6) is 0 Å². The topological polar surface area (TPSA) is 71.1 Å². The van der Waals surface area contributed by atoms with Crippen molar-refractivity contribution in [1.29, 1.82) is 0 Å². The second-order valence-electron chi connectivity index (χ2n) is 7.19. The number of hydrogen-bond acceptors (Lipinski definition) is 5. The van der Waals surface area contributed by atoms with Gasteiger partial charge in [0.05, 0.1) is 25.9 Å². The lowest BCUT2D eigenvalue weighted by Crippen LogP contribution is -2.48. The molecule has 0 aliphatic carbocycles. The van der Waals surface area contributed by atoms with E-state index in [2.05, 4.69) is 10.2 Å². The summed E-state index contributed by atoms with van der Waals surface area (Å²) in [5.74, 6) is 0.231. The summed E-state index contributed by atoms with van der Waals surface area (Å²) in [6.07, 6.45) is 2.17. The molecule has 0 bridgehead atoms. The van der Waals surface area contributed by atoms with Crippen molar-refractivity contribution in [3.05, 3.63) is 35.4 Å². The molecule has 0 aromatic heterocycles. The molecular weight excluding hydrogens is 346 g/mol. The molecule has 27 heavy (non-hydrogen) atoms. The Hall–Kier alpha value is -2.12. The normalized spacial score (nSPS) is 18.9. The molecule has 2 aliphatic heterocycles. The van der Waals surface area contributed by atoms with Gasteiger partial charge in [-0.2, -0.15) is 0 Å². The van der Waals surface area contributed by atoms with Gasteiger partial charge in [0.1, 0.15) is 0 Å². The zero-order valence-corrected chi connectivity index (χ0v) is 16.0. The Balaban J connectivity index is 1.37.